The first-order valence-corrected chi connectivity index (χ1v) is 5.20. The van der Waals surface area contributed by atoms with Gasteiger partial charge in [0, 0.05) is 0 Å². The maximum atomic E-state index is 11.1. The van der Waals surface area contributed by atoms with Crippen molar-refractivity contribution in [2.24, 2.45) is 0 Å². The van der Waals surface area contributed by atoms with Crippen molar-refractivity contribution in [2.75, 3.05) is 17.3 Å². The molecule has 1 aromatic rings. The molecule has 0 saturated carbocycles. The average molecular weight is 197 g/mol. The summed E-state index contributed by atoms with van der Waals surface area (Å²) < 4.78 is 0. The Morgan fingerprint density at radius 1 is 1.54 bits per heavy atom. The maximum Gasteiger partial charge on any atom is 0.234 e. The van der Waals surface area contributed by atoms with Crippen molar-refractivity contribution in [3.05, 3.63) is 24.3 Å². The van der Waals surface area contributed by atoms with E-state index in [9.17, 15) is 9.90 Å². The molecule has 0 radical (unpaired) electrons. The van der Waals surface area contributed by atoms with Gasteiger partial charge in [-0.05, 0) is 18.4 Å². The van der Waals surface area contributed by atoms with Gasteiger partial charge in [0.15, 0.2) is 0 Å². The lowest BCUT2D eigenvalue weighted by atomic mass is 10.3. The smallest absolute Gasteiger partial charge is 0.234 e. The molecular weight excluding hydrogens is 186 g/mol. The minimum Gasteiger partial charge on any atom is -0.506 e. The first-order chi connectivity index (χ1) is 6.24. The molecule has 0 unspecified atom stereocenters. The number of benzene rings is 1. The molecule has 3 nitrogen and oxygen atoms in total. The highest BCUT2D eigenvalue weighted by molar-refractivity contribution is 7.99. The van der Waals surface area contributed by atoms with Crippen LogP contribution >= 0.6 is 11.8 Å². The van der Waals surface area contributed by atoms with Gasteiger partial charge in [-0.3, -0.25) is 4.79 Å². The van der Waals surface area contributed by atoms with Crippen molar-refractivity contribution in [3.8, 4) is 5.75 Å². The van der Waals surface area contributed by atoms with Crippen LogP contribution in [0, 0.1) is 0 Å². The largest absolute Gasteiger partial charge is 0.506 e. The van der Waals surface area contributed by atoms with E-state index < -0.39 is 0 Å². The summed E-state index contributed by atoms with van der Waals surface area (Å²) in [5.74, 6) is 0.389. The van der Waals surface area contributed by atoms with E-state index in [4.69, 9.17) is 0 Å². The Labute approximate surface area is 81.2 Å². The monoisotopic (exact) mass is 197 g/mol. The van der Waals surface area contributed by atoms with Gasteiger partial charge in [-0.1, -0.05) is 12.1 Å². The lowest BCUT2D eigenvalue weighted by Crippen LogP contribution is -2.13. The van der Waals surface area contributed by atoms with Crippen LogP contribution < -0.4 is 5.32 Å². The summed E-state index contributed by atoms with van der Waals surface area (Å²) in [5, 5.41) is 11.9. The van der Waals surface area contributed by atoms with Gasteiger partial charge in [0.25, 0.3) is 0 Å². The van der Waals surface area contributed by atoms with Crippen LogP contribution in [0.4, 0.5) is 5.69 Å². The number of phenols is 1. The van der Waals surface area contributed by atoms with Crippen molar-refractivity contribution in [2.45, 2.75) is 0 Å². The molecule has 0 heterocycles. The van der Waals surface area contributed by atoms with Crippen LogP contribution in [0.25, 0.3) is 0 Å². The first-order valence-electron chi connectivity index (χ1n) is 3.81. The van der Waals surface area contributed by atoms with Crippen LogP contribution in [0.3, 0.4) is 0 Å². The molecular formula is C9H11NO2S. The molecule has 1 rings (SSSR count). The quantitative estimate of drug-likeness (QED) is 0.725. The maximum absolute atomic E-state index is 11.1. The average Bonchev–Trinajstić information content (AvgIpc) is 2.09. The van der Waals surface area contributed by atoms with E-state index in [0.29, 0.717) is 11.4 Å². The van der Waals surface area contributed by atoms with Gasteiger partial charge in [-0.15, -0.1) is 0 Å². The molecule has 0 aliphatic rings. The van der Waals surface area contributed by atoms with Gasteiger partial charge in [-0.2, -0.15) is 11.8 Å². The molecule has 0 saturated heterocycles. The van der Waals surface area contributed by atoms with Crippen LogP contribution in [0.2, 0.25) is 0 Å². The van der Waals surface area contributed by atoms with Gasteiger partial charge in [-0.25, -0.2) is 0 Å². The lowest BCUT2D eigenvalue weighted by Gasteiger charge is -2.05. The molecule has 0 bridgehead atoms. The number of hydrogen-bond donors (Lipinski definition) is 2. The third kappa shape index (κ3) is 2.99. The number of amides is 1. The van der Waals surface area contributed by atoms with Crippen molar-refractivity contribution >= 4 is 23.4 Å². The lowest BCUT2D eigenvalue weighted by molar-refractivity contribution is -0.113. The van der Waals surface area contributed by atoms with Gasteiger partial charge >= 0.3 is 0 Å². The molecule has 0 fully saturated rings. The highest BCUT2D eigenvalue weighted by Gasteiger charge is 2.03. The summed E-state index contributed by atoms with van der Waals surface area (Å²) in [6.07, 6.45) is 1.85. The zero-order chi connectivity index (χ0) is 9.68. The van der Waals surface area contributed by atoms with Crippen LogP contribution in [0.1, 0.15) is 0 Å². The van der Waals surface area contributed by atoms with E-state index in [1.54, 1.807) is 18.2 Å². The van der Waals surface area contributed by atoms with Crippen molar-refractivity contribution in [1.29, 1.82) is 0 Å². The van der Waals surface area contributed by atoms with Crippen LogP contribution in [0.5, 0.6) is 5.75 Å². The summed E-state index contributed by atoms with van der Waals surface area (Å²) in [7, 11) is 0. The summed E-state index contributed by atoms with van der Waals surface area (Å²) in [4.78, 5) is 11.1. The molecule has 2 N–H and O–H groups in total. The van der Waals surface area contributed by atoms with Crippen molar-refractivity contribution in [3.63, 3.8) is 0 Å². The number of aromatic hydroxyl groups is 1. The second kappa shape index (κ2) is 4.77. The minimum absolute atomic E-state index is 0.0944. The predicted octanol–water partition coefficient (Wildman–Crippen LogP) is 1.69. The second-order valence-corrected chi connectivity index (χ2v) is 3.36. The Morgan fingerprint density at radius 3 is 2.85 bits per heavy atom. The summed E-state index contributed by atoms with van der Waals surface area (Å²) >= 11 is 1.44. The Hall–Kier alpha value is -1.16. The number of phenolic OH excluding ortho intramolecular Hbond substituents is 1. The van der Waals surface area contributed by atoms with E-state index in [2.05, 4.69) is 5.32 Å². The number of para-hydroxylation sites is 2. The highest BCUT2D eigenvalue weighted by atomic mass is 32.2. The topological polar surface area (TPSA) is 49.3 Å². The molecule has 0 spiro atoms. The molecule has 13 heavy (non-hydrogen) atoms. The van der Waals surface area contributed by atoms with Gasteiger partial charge in [0.1, 0.15) is 5.75 Å². The molecule has 1 aromatic carbocycles. The van der Waals surface area contributed by atoms with Crippen LogP contribution in [-0.4, -0.2) is 23.0 Å². The summed E-state index contributed by atoms with van der Waals surface area (Å²) in [6.45, 7) is 0. The Bertz CT molecular complexity index is 301. The second-order valence-electron chi connectivity index (χ2n) is 2.50. The fourth-order valence-electron chi connectivity index (χ4n) is 0.897. The Balaban J connectivity index is 2.63. The van der Waals surface area contributed by atoms with E-state index >= 15 is 0 Å². The zero-order valence-corrected chi connectivity index (χ0v) is 8.10. The first kappa shape index (κ1) is 9.92. The molecule has 70 valence electrons. The third-order valence-corrected chi connectivity index (χ3v) is 2.00. The van der Waals surface area contributed by atoms with Crippen LogP contribution in [-0.2, 0) is 4.79 Å². The molecule has 0 aromatic heterocycles. The van der Waals surface area contributed by atoms with Gasteiger partial charge in [0.2, 0.25) is 5.91 Å². The molecule has 0 aliphatic carbocycles. The number of rotatable bonds is 3. The zero-order valence-electron chi connectivity index (χ0n) is 7.28. The summed E-state index contributed by atoms with van der Waals surface area (Å²) in [6, 6.07) is 6.66. The fraction of sp³-hybridized carbons (Fsp3) is 0.222. The number of carbonyl (C=O) groups excluding carboxylic acids is 1. The van der Waals surface area contributed by atoms with Gasteiger partial charge < -0.3 is 10.4 Å². The van der Waals surface area contributed by atoms with Gasteiger partial charge in [0.05, 0.1) is 11.4 Å². The number of nitrogens with one attached hydrogen (secondary N) is 1. The normalized spacial score (nSPS) is 9.62. The van der Waals surface area contributed by atoms with E-state index in [1.807, 2.05) is 6.26 Å². The molecule has 0 atom stereocenters. The highest BCUT2D eigenvalue weighted by Crippen LogP contribution is 2.21. The van der Waals surface area contributed by atoms with E-state index in [0.717, 1.165) is 0 Å². The van der Waals surface area contributed by atoms with Crippen LogP contribution in [0.15, 0.2) is 24.3 Å². The van der Waals surface area contributed by atoms with Crippen molar-refractivity contribution in [1.82, 2.24) is 0 Å². The predicted molar refractivity (Wildman–Crippen MR) is 55.1 cm³/mol. The number of anilines is 1. The Morgan fingerprint density at radius 2 is 2.23 bits per heavy atom. The summed E-state index contributed by atoms with van der Waals surface area (Å²) in [5.41, 5.74) is 0.460. The number of hydrogen-bond acceptors (Lipinski definition) is 3. The van der Waals surface area contributed by atoms with E-state index in [1.165, 1.54) is 17.8 Å². The van der Waals surface area contributed by atoms with Crippen molar-refractivity contribution < 1.29 is 9.90 Å². The third-order valence-electron chi connectivity index (χ3n) is 1.45. The number of carbonyl (C=O) groups is 1. The Kier molecular flexibility index (Phi) is 3.64. The standard InChI is InChI=1S/C9H11NO2S/c1-13-6-9(12)10-7-4-2-3-5-8(7)11/h2-5,11H,6H2,1H3,(H,10,12). The number of thioether (sulfide) groups is 1. The fourth-order valence-corrected chi connectivity index (χ4v) is 1.23. The molecule has 1 amide bonds. The SMILES string of the molecule is CSCC(=O)Nc1ccccc1O. The molecule has 4 heteroatoms. The van der Waals surface area contributed by atoms with E-state index in [-0.39, 0.29) is 11.7 Å². The molecule has 0 aliphatic heterocycles. The minimum atomic E-state index is -0.103.